The van der Waals surface area contributed by atoms with Gasteiger partial charge >= 0.3 is 12.3 Å². The van der Waals surface area contributed by atoms with Crippen LogP contribution in [0.3, 0.4) is 0 Å². The van der Waals surface area contributed by atoms with E-state index in [0.717, 1.165) is 133 Å². The van der Waals surface area contributed by atoms with Crippen molar-refractivity contribution in [2.45, 2.75) is 223 Å². The van der Waals surface area contributed by atoms with Crippen LogP contribution in [-0.2, 0) is 26.1 Å². The molecule has 0 amide bonds. The van der Waals surface area contributed by atoms with E-state index in [1.54, 1.807) is 36.4 Å². The number of hydrogen-bond acceptors (Lipinski definition) is 10. The summed E-state index contributed by atoms with van der Waals surface area (Å²) >= 11 is 0. The maximum absolute atomic E-state index is 13.6. The first kappa shape index (κ1) is 66.4. The number of ether oxygens (including phenoxy) is 4. The Balaban J connectivity index is 0.602. The quantitative estimate of drug-likeness (QED) is 0.0369. The number of hydrogen-bond donors (Lipinski definition) is 1. The van der Waals surface area contributed by atoms with E-state index in [1.165, 1.54) is 113 Å². The molecule has 16 atom stereocenters. The third kappa shape index (κ3) is 12.1. The fraction of sp³-hybridized carbons (Fsp3) is 0.627. The van der Waals surface area contributed by atoms with E-state index in [2.05, 4.69) is 81.4 Å². The molecule has 0 saturated heterocycles. The van der Waals surface area contributed by atoms with Gasteiger partial charge in [0.2, 0.25) is 22.8 Å². The highest BCUT2D eigenvalue weighted by atomic mass is 16.7. The van der Waals surface area contributed by atoms with Crippen LogP contribution in [0.25, 0.3) is 23.1 Å². The molecule has 6 saturated carbocycles. The van der Waals surface area contributed by atoms with Crippen LogP contribution in [0, 0.1) is 92.7 Å². The number of Topliss-reactive ketones (excluding diaryl/α,β-unsaturated/α-hetero) is 2. The van der Waals surface area contributed by atoms with Crippen LogP contribution in [0.1, 0.15) is 222 Å². The number of fused-ring (bicyclic) bond motifs is 12. The molecule has 0 radical (unpaired) electrons. The molecule has 9 aliphatic carbocycles. The van der Waals surface area contributed by atoms with Crippen molar-refractivity contribution in [1.82, 2.24) is 0 Å². The number of likely N-dealkylation sites (N-methyl/N-ethyl adjacent to an activating group) is 1. The number of aryl methyl sites for hydroxylation is 1. The van der Waals surface area contributed by atoms with Gasteiger partial charge in [0.05, 0.1) is 16.5 Å². The highest BCUT2D eigenvalue weighted by Crippen LogP contribution is 2.69. The molecule has 11 heteroatoms. The Morgan fingerprint density at radius 3 is 1.69 bits per heavy atom. The Morgan fingerprint density at radius 2 is 1.15 bits per heavy atom. The van der Waals surface area contributed by atoms with E-state index in [9.17, 15) is 24.3 Å². The van der Waals surface area contributed by atoms with Gasteiger partial charge in [0.25, 0.3) is 0 Å². The second-order valence-corrected chi connectivity index (χ2v) is 33.4. The number of benzene rings is 2. The maximum atomic E-state index is 13.6. The van der Waals surface area contributed by atoms with Gasteiger partial charge < -0.3 is 29.0 Å². The summed E-state index contributed by atoms with van der Waals surface area (Å²) in [6.45, 7) is 24.8. The minimum Gasteiger partial charge on any atom is -0.506 e. The number of aromatic nitrogens is 1. The van der Waals surface area contributed by atoms with Gasteiger partial charge in [-0.1, -0.05) is 137 Å². The van der Waals surface area contributed by atoms with Crippen LogP contribution < -0.4 is 18.9 Å². The molecule has 13 rings (SSSR count). The summed E-state index contributed by atoms with van der Waals surface area (Å²) < 4.78 is 25.7. The number of allylic oxidation sites excluding steroid dienone is 6. The Kier molecular flexibility index (Phi) is 18.3. The molecule has 11 nitrogen and oxygen atoms in total. The number of aliphatic hydroxyl groups is 1. The lowest BCUT2D eigenvalue weighted by Gasteiger charge is -2.58. The van der Waals surface area contributed by atoms with Gasteiger partial charge in [-0.25, -0.2) is 9.59 Å². The Morgan fingerprint density at radius 1 is 0.617 bits per heavy atom. The predicted octanol–water partition coefficient (Wildman–Crippen LogP) is 19.9. The van der Waals surface area contributed by atoms with E-state index in [0.29, 0.717) is 45.6 Å². The number of rotatable bonds is 16. The SMILES string of the molecule is CC(C)CCC[C@@H](C)[C@H]1CC[C@H]2[C@@H]3CC=C4CC(OC(=O)Oc5ccc6c(c5)C=C/C(=C\C5=C(O)C(=C/c7ccc8cc(OC(=O)OC9CC[C@@]%10(C)C(=CC[C@H]%11[C@@H]%12CC[C@H]([C@H](C)CCCC(C)C)[C@@]%12(C)CC[C@@H]%11%10)C9)ccc8[n+]7C)/C(=O)C5=O)N6C)CC[C@]4(C)[C@H]3CC[C@]12C. The summed E-state index contributed by atoms with van der Waals surface area (Å²) in [6, 6.07) is 14.4. The lowest BCUT2D eigenvalue weighted by Crippen LogP contribution is -2.51. The predicted molar refractivity (Wildman–Crippen MR) is 373 cm³/mol. The Labute approximate surface area is 561 Å². The van der Waals surface area contributed by atoms with Gasteiger partial charge in [0.15, 0.2) is 0 Å². The second-order valence-electron chi connectivity index (χ2n) is 33.4. The van der Waals surface area contributed by atoms with Crippen LogP contribution in [0.5, 0.6) is 11.5 Å². The first-order chi connectivity index (χ1) is 44.9. The zero-order valence-corrected chi connectivity index (χ0v) is 58.8. The van der Waals surface area contributed by atoms with E-state index < -0.39 is 29.6 Å². The molecule has 0 bridgehead atoms. The molecule has 1 aromatic heterocycles. The van der Waals surface area contributed by atoms with E-state index in [-0.39, 0.29) is 34.2 Å². The first-order valence-corrected chi connectivity index (χ1v) is 37.0. The molecule has 6 fully saturated rings. The van der Waals surface area contributed by atoms with E-state index in [4.69, 9.17) is 18.9 Å². The van der Waals surface area contributed by atoms with Gasteiger partial charge in [-0.2, -0.15) is 4.57 Å². The minimum atomic E-state index is -0.802. The van der Waals surface area contributed by atoms with Crippen LogP contribution in [0.15, 0.2) is 107 Å². The normalized spacial score (nSPS) is 34.9. The summed E-state index contributed by atoms with van der Waals surface area (Å²) in [4.78, 5) is 56.1. The summed E-state index contributed by atoms with van der Waals surface area (Å²) in [5, 5.41) is 12.4. The number of pyridine rings is 1. The maximum Gasteiger partial charge on any atom is 0.514 e. The van der Waals surface area contributed by atoms with Crippen molar-refractivity contribution in [3.8, 4) is 11.5 Å². The zero-order valence-electron chi connectivity index (χ0n) is 58.8. The number of ketones is 2. The molecule has 2 aromatic carbocycles. The van der Waals surface area contributed by atoms with Crippen molar-refractivity contribution in [2.75, 3.05) is 11.9 Å². The van der Waals surface area contributed by atoms with Gasteiger partial charge in [-0.15, -0.1) is 0 Å². The number of anilines is 1. The molecule has 2 unspecified atom stereocenters. The van der Waals surface area contributed by atoms with Crippen molar-refractivity contribution < 1.29 is 47.8 Å². The average Bonchev–Trinajstić information content (AvgIpc) is 1.37. The summed E-state index contributed by atoms with van der Waals surface area (Å²) in [5.41, 5.74) is 7.45. The molecule has 94 heavy (non-hydrogen) atoms. The van der Waals surface area contributed by atoms with Gasteiger partial charge in [0, 0.05) is 55.0 Å². The van der Waals surface area contributed by atoms with Gasteiger partial charge in [-0.05, 0) is 231 Å². The number of carbonyl (C=O) groups is 4. The molecule has 1 aliphatic heterocycles. The fourth-order valence-corrected chi connectivity index (χ4v) is 22.4. The van der Waals surface area contributed by atoms with Crippen LogP contribution in [-0.4, -0.2) is 48.2 Å². The highest BCUT2D eigenvalue weighted by molar-refractivity contribution is 6.54. The molecule has 2 heterocycles. The number of carbonyl (C=O) groups excluding carboxylic acids is 4. The second kappa shape index (κ2) is 26.0. The lowest BCUT2D eigenvalue weighted by atomic mass is 9.47. The third-order valence-electron chi connectivity index (χ3n) is 27.6. The van der Waals surface area contributed by atoms with Crippen LogP contribution >= 0.6 is 0 Å². The van der Waals surface area contributed by atoms with E-state index in [1.807, 2.05) is 47.8 Å². The van der Waals surface area contributed by atoms with Crippen molar-refractivity contribution in [1.29, 1.82) is 0 Å². The molecule has 504 valence electrons. The molecule has 3 aromatic rings. The number of nitrogens with zero attached hydrogens (tertiary/aromatic N) is 2. The standard InChI is InChI=1S/C83H108N2O9/c1-49(2)15-13-17-51(5)67-29-31-69-63-27-21-55-45-61(35-39-80(55,7)71(63)37-41-82(67,69)9)93-78(89)91-59-25-33-73-53(43-59)19-23-57(84(73)11)47-65-75(86)66(77(88)76(65)87)48-58-24-20-54-44-60(26-34-74(54)85(58)12)92-79(90)94-62-36-40-81(8)56(46-62)22-28-64-70-32-30-68(52(6)18-14-16-50(3)4)83(70,10)42-38-72(64)81/h19-26,33-34,43-44,47-52,61-64,67-72H,13-18,27-32,35-42,45-46H2,1-12H3/p+1/t51-,52-,61?,62?,63+,64+,67-,68-,69+,70+,71+,72+,80+,81+,82-,83-/m1/s1. The third-order valence-corrected chi connectivity index (χ3v) is 27.6. The van der Waals surface area contributed by atoms with Gasteiger partial charge in [0.1, 0.15) is 36.5 Å². The summed E-state index contributed by atoms with van der Waals surface area (Å²) in [5.74, 6) is 8.02. The highest BCUT2D eigenvalue weighted by Gasteiger charge is 2.61. The molecular formula is C83H109N2O9+. The minimum absolute atomic E-state index is 0.0997. The molecule has 0 spiro atoms. The topological polar surface area (TPSA) is 133 Å². The van der Waals surface area contributed by atoms with Crippen molar-refractivity contribution in [2.24, 2.45) is 99.7 Å². The van der Waals surface area contributed by atoms with Crippen molar-refractivity contribution in [3.05, 3.63) is 118 Å². The Bertz CT molecular complexity index is 3670. The van der Waals surface area contributed by atoms with Crippen LogP contribution in [0.2, 0.25) is 0 Å². The smallest absolute Gasteiger partial charge is 0.506 e. The Hall–Kier alpha value is -6.23. The summed E-state index contributed by atoms with van der Waals surface area (Å²) in [7, 11) is 3.69. The monoisotopic (exact) mass is 1280 g/mol. The van der Waals surface area contributed by atoms with Crippen molar-refractivity contribution >= 4 is 52.6 Å². The molecule has 10 aliphatic rings. The molecule has 1 N–H and O–H groups in total. The average molecular weight is 1280 g/mol. The van der Waals surface area contributed by atoms with Crippen LogP contribution in [0.4, 0.5) is 15.3 Å². The molecular weight excluding hydrogens is 1170 g/mol. The lowest BCUT2D eigenvalue weighted by molar-refractivity contribution is -0.646. The fourth-order valence-electron chi connectivity index (χ4n) is 22.4. The first-order valence-electron chi connectivity index (χ1n) is 37.0. The zero-order chi connectivity index (χ0) is 66.3. The summed E-state index contributed by atoms with van der Waals surface area (Å²) in [6.07, 6.45) is 36.4. The van der Waals surface area contributed by atoms with Gasteiger partial charge in [-0.3, -0.25) is 9.59 Å². The van der Waals surface area contributed by atoms with E-state index >= 15 is 0 Å². The van der Waals surface area contributed by atoms with Crippen molar-refractivity contribution in [3.63, 3.8) is 0 Å². The number of aliphatic hydroxyl groups excluding tert-OH is 1. The largest absolute Gasteiger partial charge is 0.514 e.